The molecule has 19 heavy (non-hydrogen) atoms. The highest BCUT2D eigenvalue weighted by Gasteiger charge is 2.21. The van der Waals surface area contributed by atoms with Crippen LogP contribution in [0.3, 0.4) is 0 Å². The van der Waals surface area contributed by atoms with Crippen molar-refractivity contribution in [2.75, 3.05) is 26.8 Å². The molecular weight excluding hydrogens is 248 g/mol. The number of hydrogen-bond acceptors (Lipinski definition) is 5. The molecule has 1 rings (SSSR count). The lowest BCUT2D eigenvalue weighted by Gasteiger charge is -2.22. The molecule has 1 atom stereocenters. The van der Waals surface area contributed by atoms with Crippen LogP contribution in [0.2, 0.25) is 0 Å². The minimum Gasteiger partial charge on any atom is -0.388 e. The van der Waals surface area contributed by atoms with Gasteiger partial charge in [-0.25, -0.2) is 4.98 Å². The van der Waals surface area contributed by atoms with Gasteiger partial charge in [-0.15, -0.1) is 0 Å². The predicted molar refractivity (Wildman–Crippen MR) is 70.7 cm³/mol. The van der Waals surface area contributed by atoms with E-state index in [2.05, 4.69) is 10.3 Å². The van der Waals surface area contributed by atoms with Crippen LogP contribution in [0.25, 0.3) is 0 Å². The second kappa shape index (κ2) is 7.22. The van der Waals surface area contributed by atoms with Crippen molar-refractivity contribution in [2.24, 2.45) is 5.73 Å². The Balaban J connectivity index is 2.45. The normalized spacial score (nSPS) is 14.1. The smallest absolute Gasteiger partial charge is 0.271 e. The van der Waals surface area contributed by atoms with Crippen LogP contribution in [-0.4, -0.2) is 53.0 Å². The summed E-state index contributed by atoms with van der Waals surface area (Å²) in [7, 11) is 1.57. The Morgan fingerprint density at radius 2 is 2.42 bits per heavy atom. The number of nitrogens with zero attached hydrogens (tertiary/aromatic N) is 2. The summed E-state index contributed by atoms with van der Waals surface area (Å²) in [5.41, 5.74) is 4.74. The van der Waals surface area contributed by atoms with Crippen molar-refractivity contribution in [3.05, 3.63) is 18.2 Å². The van der Waals surface area contributed by atoms with Crippen LogP contribution in [0.15, 0.2) is 12.5 Å². The molecule has 1 heterocycles. The highest BCUT2D eigenvalue weighted by atomic mass is 16.5. The molecule has 0 aromatic carbocycles. The summed E-state index contributed by atoms with van der Waals surface area (Å²) in [6, 6.07) is 0. The molecule has 1 aromatic rings. The second-order valence-electron chi connectivity index (χ2n) is 4.71. The predicted octanol–water partition coefficient (Wildman–Crippen LogP) is -0.641. The first-order valence-corrected chi connectivity index (χ1v) is 6.20. The fraction of sp³-hybridized carbons (Fsp3) is 0.667. The van der Waals surface area contributed by atoms with E-state index in [0.29, 0.717) is 31.8 Å². The summed E-state index contributed by atoms with van der Waals surface area (Å²) in [6.45, 7) is 3.35. The zero-order valence-corrected chi connectivity index (χ0v) is 11.4. The molecule has 1 amide bonds. The molecule has 0 fully saturated rings. The van der Waals surface area contributed by atoms with Crippen LogP contribution in [0.4, 0.5) is 0 Å². The number of imidazole rings is 1. The molecule has 7 heteroatoms. The fourth-order valence-electron chi connectivity index (χ4n) is 1.52. The first kappa shape index (κ1) is 15.6. The van der Waals surface area contributed by atoms with E-state index in [9.17, 15) is 9.90 Å². The van der Waals surface area contributed by atoms with Gasteiger partial charge in [0.1, 0.15) is 5.69 Å². The molecule has 0 aliphatic rings. The summed E-state index contributed by atoms with van der Waals surface area (Å²) < 4.78 is 6.65. The van der Waals surface area contributed by atoms with Gasteiger partial charge in [0.05, 0.1) is 11.9 Å². The van der Waals surface area contributed by atoms with Gasteiger partial charge in [-0.05, 0) is 6.92 Å². The lowest BCUT2D eigenvalue weighted by Crippen LogP contribution is -2.41. The Kier molecular flexibility index (Phi) is 5.94. The molecule has 0 saturated carbocycles. The van der Waals surface area contributed by atoms with Crippen molar-refractivity contribution in [1.29, 1.82) is 0 Å². The van der Waals surface area contributed by atoms with Crippen molar-refractivity contribution in [3.8, 4) is 0 Å². The van der Waals surface area contributed by atoms with Crippen LogP contribution in [0.1, 0.15) is 23.8 Å². The zero-order chi connectivity index (χ0) is 14.3. The summed E-state index contributed by atoms with van der Waals surface area (Å²) in [5.74, 6) is -0.312. The van der Waals surface area contributed by atoms with E-state index in [1.54, 1.807) is 31.1 Å². The van der Waals surface area contributed by atoms with E-state index in [1.165, 1.54) is 0 Å². The lowest BCUT2D eigenvalue weighted by molar-refractivity contribution is 0.0243. The zero-order valence-electron chi connectivity index (χ0n) is 11.4. The van der Waals surface area contributed by atoms with Gasteiger partial charge < -0.3 is 25.5 Å². The van der Waals surface area contributed by atoms with Gasteiger partial charge in [0.2, 0.25) is 0 Å². The second-order valence-corrected chi connectivity index (χ2v) is 4.71. The number of ether oxygens (including phenoxy) is 1. The molecule has 0 aliphatic heterocycles. The molecule has 4 N–H and O–H groups in total. The van der Waals surface area contributed by atoms with Gasteiger partial charge in [0, 0.05) is 46.0 Å². The average molecular weight is 270 g/mol. The number of aromatic nitrogens is 2. The molecule has 7 nitrogen and oxygen atoms in total. The first-order valence-electron chi connectivity index (χ1n) is 6.20. The summed E-state index contributed by atoms with van der Waals surface area (Å²) in [5, 5.41) is 12.6. The third-order valence-corrected chi connectivity index (χ3v) is 2.73. The van der Waals surface area contributed by atoms with Crippen molar-refractivity contribution in [3.63, 3.8) is 0 Å². The molecule has 0 radical (unpaired) electrons. The Labute approximate surface area is 112 Å². The van der Waals surface area contributed by atoms with Crippen LogP contribution >= 0.6 is 0 Å². The summed E-state index contributed by atoms with van der Waals surface area (Å²) >= 11 is 0. The quantitative estimate of drug-likeness (QED) is 0.583. The molecule has 0 saturated heterocycles. The van der Waals surface area contributed by atoms with E-state index >= 15 is 0 Å². The number of nitrogens with two attached hydrogens (primary N) is 1. The Bertz CT molecular complexity index is 403. The van der Waals surface area contributed by atoms with Gasteiger partial charge in [0.25, 0.3) is 5.91 Å². The third-order valence-electron chi connectivity index (χ3n) is 2.73. The fourth-order valence-corrected chi connectivity index (χ4v) is 1.52. The van der Waals surface area contributed by atoms with Crippen molar-refractivity contribution in [1.82, 2.24) is 14.9 Å². The van der Waals surface area contributed by atoms with E-state index in [1.807, 2.05) is 0 Å². The van der Waals surface area contributed by atoms with Crippen LogP contribution in [-0.2, 0) is 11.3 Å². The van der Waals surface area contributed by atoms with E-state index < -0.39 is 5.60 Å². The highest BCUT2D eigenvalue weighted by molar-refractivity contribution is 5.92. The molecule has 0 bridgehead atoms. The Morgan fingerprint density at radius 3 is 3.05 bits per heavy atom. The van der Waals surface area contributed by atoms with E-state index in [4.69, 9.17) is 10.5 Å². The maximum absolute atomic E-state index is 11.8. The molecular formula is C12H22N4O3. The minimum atomic E-state index is -0.995. The maximum atomic E-state index is 11.8. The first-order chi connectivity index (χ1) is 8.98. The van der Waals surface area contributed by atoms with Crippen LogP contribution < -0.4 is 11.1 Å². The third kappa shape index (κ3) is 5.37. The highest BCUT2D eigenvalue weighted by Crippen LogP contribution is 2.08. The maximum Gasteiger partial charge on any atom is 0.271 e. The summed E-state index contributed by atoms with van der Waals surface area (Å²) in [6.07, 6.45) is 3.64. The number of aliphatic hydroxyl groups is 1. The van der Waals surface area contributed by atoms with Crippen molar-refractivity contribution >= 4 is 5.91 Å². The van der Waals surface area contributed by atoms with E-state index in [-0.39, 0.29) is 12.5 Å². The number of hydrogen-bond donors (Lipinski definition) is 3. The SMILES string of the molecule is COCCC(C)(O)CNC(=O)c1cn(CCN)cn1. The number of carbonyl (C=O) groups excluding carboxylic acids is 1. The van der Waals surface area contributed by atoms with Gasteiger partial charge in [-0.3, -0.25) is 4.79 Å². The monoisotopic (exact) mass is 270 g/mol. The molecule has 0 aliphatic carbocycles. The standard InChI is InChI=1S/C12H22N4O3/c1-12(18,3-6-19-2)8-14-11(17)10-7-16(5-4-13)9-15-10/h7,9,18H,3-6,8,13H2,1-2H3,(H,14,17). The number of methoxy groups -OCH3 is 1. The largest absolute Gasteiger partial charge is 0.388 e. The van der Waals surface area contributed by atoms with Crippen LogP contribution in [0.5, 0.6) is 0 Å². The number of nitrogens with one attached hydrogen (secondary N) is 1. The Hall–Kier alpha value is -1.44. The van der Waals surface area contributed by atoms with Gasteiger partial charge in [0.15, 0.2) is 0 Å². The molecule has 1 unspecified atom stereocenters. The van der Waals surface area contributed by atoms with Gasteiger partial charge in [-0.1, -0.05) is 0 Å². The van der Waals surface area contributed by atoms with Gasteiger partial charge in [-0.2, -0.15) is 0 Å². The lowest BCUT2D eigenvalue weighted by atomic mass is 10.0. The van der Waals surface area contributed by atoms with Crippen molar-refractivity contribution < 1.29 is 14.6 Å². The average Bonchev–Trinajstić information content (AvgIpc) is 2.83. The molecule has 1 aromatic heterocycles. The van der Waals surface area contributed by atoms with E-state index in [0.717, 1.165) is 0 Å². The Morgan fingerprint density at radius 1 is 1.68 bits per heavy atom. The summed E-state index contributed by atoms with van der Waals surface area (Å²) in [4.78, 5) is 15.8. The number of carbonyl (C=O) groups is 1. The minimum absolute atomic E-state index is 0.152. The number of rotatable bonds is 8. The van der Waals surface area contributed by atoms with Crippen LogP contribution in [0, 0.1) is 0 Å². The van der Waals surface area contributed by atoms with Gasteiger partial charge >= 0.3 is 0 Å². The van der Waals surface area contributed by atoms with Crippen molar-refractivity contribution in [2.45, 2.75) is 25.5 Å². The molecule has 0 spiro atoms. The molecule has 108 valence electrons. The number of amides is 1. The topological polar surface area (TPSA) is 102 Å².